The average Bonchev–Trinajstić information content (AvgIpc) is 2.85. The highest BCUT2D eigenvalue weighted by atomic mass is 19.1. The number of hydrogen-bond donors (Lipinski definition) is 1. The number of hydrogen-bond acceptors (Lipinski definition) is 2. The maximum absolute atomic E-state index is 14.5. The largest absolute Gasteiger partial charge is 0.459 e. The molecule has 0 fully saturated rings. The molecule has 0 aliphatic carbocycles. The van der Waals surface area contributed by atoms with Gasteiger partial charge in [0, 0.05) is 22.6 Å². The molecule has 0 amide bonds. The van der Waals surface area contributed by atoms with Crippen LogP contribution in [0.2, 0.25) is 0 Å². The number of nitrogens with one attached hydrogen (secondary N) is 1. The summed E-state index contributed by atoms with van der Waals surface area (Å²) in [6.45, 7) is 3.70. The summed E-state index contributed by atoms with van der Waals surface area (Å²) in [6, 6.07) is 9.95. The first-order valence-electron chi connectivity index (χ1n) is 7.76. The molecule has 1 aliphatic rings. The van der Waals surface area contributed by atoms with Crippen molar-refractivity contribution in [3.63, 3.8) is 0 Å². The molecule has 2 aromatic carbocycles. The zero-order valence-electron chi connectivity index (χ0n) is 13.0. The Morgan fingerprint density at radius 2 is 1.83 bits per heavy atom. The van der Waals surface area contributed by atoms with Crippen molar-refractivity contribution < 1.29 is 13.2 Å². The fraction of sp³-hybridized carbons (Fsp3) is 0.263. The molecule has 4 heteroatoms. The zero-order chi connectivity index (χ0) is 16.1. The molecule has 0 radical (unpaired) electrons. The van der Waals surface area contributed by atoms with Gasteiger partial charge in [-0.05, 0) is 44.0 Å². The molecule has 2 atom stereocenters. The van der Waals surface area contributed by atoms with Gasteiger partial charge in [0.25, 0.3) is 0 Å². The topological polar surface area (TPSA) is 25.2 Å². The minimum Gasteiger partial charge on any atom is -0.459 e. The number of aryl methyl sites for hydroxylation is 1. The lowest BCUT2D eigenvalue weighted by atomic mass is 9.90. The molecule has 0 saturated carbocycles. The molecular formula is C19H17F2NO. The quantitative estimate of drug-likeness (QED) is 0.708. The van der Waals surface area contributed by atoms with Gasteiger partial charge < -0.3 is 9.73 Å². The van der Waals surface area contributed by atoms with E-state index in [4.69, 9.17) is 4.42 Å². The summed E-state index contributed by atoms with van der Waals surface area (Å²) < 4.78 is 34.9. The lowest BCUT2D eigenvalue weighted by Crippen LogP contribution is -2.38. The van der Waals surface area contributed by atoms with E-state index in [2.05, 4.69) is 5.32 Å². The van der Waals surface area contributed by atoms with Gasteiger partial charge in [0.15, 0.2) is 0 Å². The van der Waals surface area contributed by atoms with E-state index in [0.717, 1.165) is 23.0 Å². The molecule has 23 heavy (non-hydrogen) atoms. The number of para-hydroxylation sites is 1. The Hall–Kier alpha value is -2.20. The van der Waals surface area contributed by atoms with Crippen LogP contribution in [0.5, 0.6) is 0 Å². The Kier molecular flexibility index (Phi) is 3.23. The molecular weight excluding hydrogens is 296 g/mol. The van der Waals surface area contributed by atoms with E-state index in [-0.39, 0.29) is 11.6 Å². The van der Waals surface area contributed by atoms with Gasteiger partial charge in [-0.1, -0.05) is 18.2 Å². The number of furan rings is 1. The van der Waals surface area contributed by atoms with Crippen molar-refractivity contribution in [2.75, 3.05) is 0 Å². The summed E-state index contributed by atoms with van der Waals surface area (Å²) in [5, 5.41) is 4.30. The summed E-state index contributed by atoms with van der Waals surface area (Å²) in [4.78, 5) is 0. The third-order valence-electron chi connectivity index (χ3n) is 4.47. The minimum absolute atomic E-state index is 0.0301. The first kappa shape index (κ1) is 14.4. The van der Waals surface area contributed by atoms with Crippen molar-refractivity contribution in [1.29, 1.82) is 0 Å². The second kappa shape index (κ2) is 5.17. The van der Waals surface area contributed by atoms with Gasteiger partial charge >= 0.3 is 0 Å². The van der Waals surface area contributed by atoms with Crippen LogP contribution in [0.1, 0.15) is 35.4 Å². The Labute approximate surface area is 133 Å². The van der Waals surface area contributed by atoms with Crippen LogP contribution in [0.25, 0.3) is 11.0 Å². The molecule has 1 N–H and O–H groups in total. The SMILES string of the molecule is Cc1cc(F)c(C2NC(C)Cc3c2oc2ccccc32)c(F)c1. The number of rotatable bonds is 1. The van der Waals surface area contributed by atoms with Gasteiger partial charge in [0.1, 0.15) is 23.0 Å². The molecule has 4 rings (SSSR count). The highest BCUT2D eigenvalue weighted by Crippen LogP contribution is 2.39. The standard InChI is InChI=1S/C19H17F2NO/c1-10-7-14(20)17(15(21)8-10)18-19-13(9-11(2)22-18)12-5-3-4-6-16(12)23-19/h3-8,11,18,22H,9H2,1-2H3. The first-order valence-corrected chi connectivity index (χ1v) is 7.76. The normalized spacial score (nSPS) is 20.7. The van der Waals surface area contributed by atoms with Gasteiger partial charge in [-0.15, -0.1) is 0 Å². The minimum atomic E-state index is -0.609. The third kappa shape index (κ3) is 2.25. The summed E-state index contributed by atoms with van der Waals surface area (Å²) in [5.74, 6) is -0.466. The predicted octanol–water partition coefficient (Wildman–Crippen LogP) is 4.64. The van der Waals surface area contributed by atoms with Crippen molar-refractivity contribution >= 4 is 11.0 Å². The van der Waals surface area contributed by atoms with E-state index in [1.165, 1.54) is 12.1 Å². The van der Waals surface area contributed by atoms with Crippen molar-refractivity contribution in [3.05, 3.63) is 70.5 Å². The number of fused-ring (bicyclic) bond motifs is 3. The van der Waals surface area contributed by atoms with Crippen LogP contribution in [0.4, 0.5) is 8.78 Å². The fourth-order valence-corrected chi connectivity index (χ4v) is 3.49. The van der Waals surface area contributed by atoms with Crippen LogP contribution in [0, 0.1) is 18.6 Å². The highest BCUT2D eigenvalue weighted by molar-refractivity contribution is 5.83. The molecule has 1 aromatic heterocycles. The van der Waals surface area contributed by atoms with Crippen LogP contribution >= 0.6 is 0 Å². The van der Waals surface area contributed by atoms with E-state index in [1.54, 1.807) is 6.92 Å². The van der Waals surface area contributed by atoms with Gasteiger partial charge in [-0.25, -0.2) is 8.78 Å². The molecule has 118 valence electrons. The van der Waals surface area contributed by atoms with Gasteiger partial charge in [0.05, 0.1) is 6.04 Å². The van der Waals surface area contributed by atoms with Crippen LogP contribution in [-0.2, 0) is 6.42 Å². The molecule has 3 aromatic rings. The molecule has 2 nitrogen and oxygen atoms in total. The Bertz CT molecular complexity index is 877. The van der Waals surface area contributed by atoms with Crippen molar-refractivity contribution in [3.8, 4) is 0 Å². The highest BCUT2D eigenvalue weighted by Gasteiger charge is 2.34. The maximum atomic E-state index is 14.5. The second-order valence-corrected chi connectivity index (χ2v) is 6.29. The van der Waals surface area contributed by atoms with E-state index < -0.39 is 17.7 Å². The van der Waals surface area contributed by atoms with Crippen LogP contribution in [0.15, 0.2) is 40.8 Å². The molecule has 1 aliphatic heterocycles. The van der Waals surface area contributed by atoms with Gasteiger partial charge in [0.2, 0.25) is 0 Å². The Balaban J connectivity index is 1.95. The van der Waals surface area contributed by atoms with Crippen LogP contribution < -0.4 is 5.32 Å². The molecule has 0 saturated heterocycles. The number of halogens is 2. The van der Waals surface area contributed by atoms with Crippen molar-refractivity contribution in [2.45, 2.75) is 32.4 Å². The fourth-order valence-electron chi connectivity index (χ4n) is 3.49. The third-order valence-corrected chi connectivity index (χ3v) is 4.47. The predicted molar refractivity (Wildman–Crippen MR) is 85.5 cm³/mol. The molecule has 2 heterocycles. The molecule has 2 unspecified atom stereocenters. The Morgan fingerprint density at radius 1 is 1.13 bits per heavy atom. The van der Waals surface area contributed by atoms with E-state index in [1.807, 2.05) is 31.2 Å². The van der Waals surface area contributed by atoms with Crippen LogP contribution in [0.3, 0.4) is 0 Å². The van der Waals surface area contributed by atoms with Gasteiger partial charge in [-0.2, -0.15) is 0 Å². The zero-order valence-corrected chi connectivity index (χ0v) is 13.0. The molecule has 0 bridgehead atoms. The lowest BCUT2D eigenvalue weighted by molar-refractivity contribution is 0.375. The second-order valence-electron chi connectivity index (χ2n) is 6.29. The number of benzene rings is 2. The van der Waals surface area contributed by atoms with Crippen LogP contribution in [-0.4, -0.2) is 6.04 Å². The van der Waals surface area contributed by atoms with Crippen molar-refractivity contribution in [1.82, 2.24) is 5.32 Å². The van der Waals surface area contributed by atoms with Gasteiger partial charge in [-0.3, -0.25) is 0 Å². The Morgan fingerprint density at radius 3 is 2.57 bits per heavy atom. The lowest BCUT2D eigenvalue weighted by Gasteiger charge is -2.29. The molecule has 0 spiro atoms. The monoisotopic (exact) mass is 313 g/mol. The van der Waals surface area contributed by atoms with E-state index >= 15 is 0 Å². The first-order chi connectivity index (χ1) is 11.0. The average molecular weight is 313 g/mol. The maximum Gasteiger partial charge on any atom is 0.134 e. The summed E-state index contributed by atoms with van der Waals surface area (Å²) in [6.07, 6.45) is 0.776. The summed E-state index contributed by atoms with van der Waals surface area (Å²) in [5.41, 5.74) is 2.39. The smallest absolute Gasteiger partial charge is 0.134 e. The summed E-state index contributed by atoms with van der Waals surface area (Å²) in [7, 11) is 0. The van der Waals surface area contributed by atoms with E-state index in [9.17, 15) is 8.78 Å². The van der Waals surface area contributed by atoms with E-state index in [0.29, 0.717) is 11.3 Å². The van der Waals surface area contributed by atoms with Crippen molar-refractivity contribution in [2.24, 2.45) is 0 Å². The summed E-state index contributed by atoms with van der Waals surface area (Å²) >= 11 is 0.